The van der Waals surface area contributed by atoms with Crippen molar-refractivity contribution >= 4 is 6.03 Å². The van der Waals surface area contributed by atoms with Crippen LogP contribution < -0.4 is 5.32 Å². The Balaban J connectivity index is 2.79. The maximum absolute atomic E-state index is 13.0. The lowest BCUT2D eigenvalue weighted by Gasteiger charge is -2.26. The van der Waals surface area contributed by atoms with E-state index in [1.165, 1.54) is 20.9 Å². The summed E-state index contributed by atoms with van der Waals surface area (Å²) in [6.07, 6.45) is -4.71. The molecule has 124 valence electrons. The van der Waals surface area contributed by atoms with Gasteiger partial charge in [0.25, 0.3) is 0 Å². The number of halogens is 4. The van der Waals surface area contributed by atoms with Crippen LogP contribution in [0.2, 0.25) is 0 Å². The molecular weight excluding hydrogens is 304 g/mol. The molecule has 0 aliphatic rings. The summed E-state index contributed by atoms with van der Waals surface area (Å²) in [5, 5.41) is 11.9. The quantitative estimate of drug-likeness (QED) is 0.838. The summed E-state index contributed by atoms with van der Waals surface area (Å²) in [4.78, 5) is 12.9. The highest BCUT2D eigenvalue weighted by Gasteiger charge is 2.33. The molecule has 0 aromatic heterocycles. The standard InChI is InChI=1S/C14H18F4N2O2/c1-13(2,22)8-20(3)12(21)19-7-9-4-5-10(15)6-11(9)14(16,17)18/h4-6,22H,7-8H2,1-3H3,(H,19,21). The van der Waals surface area contributed by atoms with Gasteiger partial charge < -0.3 is 15.3 Å². The number of benzene rings is 1. The van der Waals surface area contributed by atoms with Crippen LogP contribution in [0.15, 0.2) is 18.2 Å². The van der Waals surface area contributed by atoms with E-state index in [2.05, 4.69) is 5.32 Å². The van der Waals surface area contributed by atoms with Crippen molar-refractivity contribution in [3.63, 3.8) is 0 Å². The van der Waals surface area contributed by atoms with Crippen molar-refractivity contribution in [2.45, 2.75) is 32.2 Å². The Bertz CT molecular complexity index is 539. The second-order valence-corrected chi connectivity index (χ2v) is 5.63. The maximum atomic E-state index is 13.0. The van der Waals surface area contributed by atoms with Crippen LogP contribution in [-0.4, -0.2) is 35.2 Å². The molecule has 0 fully saturated rings. The van der Waals surface area contributed by atoms with Crippen molar-refractivity contribution in [2.24, 2.45) is 0 Å². The third-order valence-corrected chi connectivity index (χ3v) is 2.78. The summed E-state index contributed by atoms with van der Waals surface area (Å²) in [7, 11) is 1.41. The van der Waals surface area contributed by atoms with E-state index in [9.17, 15) is 27.5 Å². The van der Waals surface area contributed by atoms with E-state index < -0.39 is 35.7 Å². The minimum absolute atomic E-state index is 0.00831. The number of nitrogens with zero attached hydrogens (tertiary/aromatic N) is 1. The smallest absolute Gasteiger partial charge is 0.389 e. The van der Waals surface area contributed by atoms with E-state index in [-0.39, 0.29) is 12.1 Å². The van der Waals surface area contributed by atoms with Gasteiger partial charge in [0.2, 0.25) is 0 Å². The van der Waals surface area contributed by atoms with Gasteiger partial charge >= 0.3 is 12.2 Å². The van der Waals surface area contributed by atoms with Gasteiger partial charge in [0.1, 0.15) is 5.82 Å². The van der Waals surface area contributed by atoms with Crippen LogP contribution in [-0.2, 0) is 12.7 Å². The average molecular weight is 322 g/mol. The summed E-state index contributed by atoms with van der Waals surface area (Å²) in [5.41, 5.74) is -2.49. The molecule has 0 saturated carbocycles. The Labute approximate surface area is 125 Å². The lowest BCUT2D eigenvalue weighted by Crippen LogP contribution is -2.44. The van der Waals surface area contributed by atoms with Gasteiger partial charge in [-0.1, -0.05) is 6.07 Å². The van der Waals surface area contributed by atoms with E-state index in [4.69, 9.17) is 0 Å². The van der Waals surface area contributed by atoms with Crippen molar-refractivity contribution in [3.05, 3.63) is 35.1 Å². The van der Waals surface area contributed by atoms with E-state index in [0.29, 0.717) is 6.07 Å². The molecule has 0 aliphatic carbocycles. The monoisotopic (exact) mass is 322 g/mol. The van der Waals surface area contributed by atoms with Gasteiger partial charge in [-0.15, -0.1) is 0 Å². The molecular formula is C14H18F4N2O2. The minimum Gasteiger partial charge on any atom is -0.389 e. The molecule has 0 spiro atoms. The fourth-order valence-electron chi connectivity index (χ4n) is 1.92. The molecule has 0 saturated heterocycles. The van der Waals surface area contributed by atoms with Gasteiger partial charge in [-0.2, -0.15) is 13.2 Å². The van der Waals surface area contributed by atoms with Gasteiger partial charge in [-0.25, -0.2) is 9.18 Å². The van der Waals surface area contributed by atoms with Gasteiger partial charge in [0.15, 0.2) is 0 Å². The largest absolute Gasteiger partial charge is 0.416 e. The van der Waals surface area contributed by atoms with E-state index in [1.54, 1.807) is 0 Å². The summed E-state index contributed by atoms with van der Waals surface area (Å²) in [6, 6.07) is 1.63. The third-order valence-electron chi connectivity index (χ3n) is 2.78. The van der Waals surface area contributed by atoms with Crippen LogP contribution in [0.4, 0.5) is 22.4 Å². The number of carbonyl (C=O) groups is 1. The van der Waals surface area contributed by atoms with Crippen LogP contribution in [0, 0.1) is 5.82 Å². The first-order valence-corrected chi connectivity index (χ1v) is 6.47. The first-order valence-electron chi connectivity index (χ1n) is 6.47. The molecule has 0 unspecified atom stereocenters. The summed E-state index contributed by atoms with van der Waals surface area (Å²) < 4.78 is 51.4. The Morgan fingerprint density at radius 1 is 1.32 bits per heavy atom. The van der Waals surface area contributed by atoms with Gasteiger partial charge in [-0.3, -0.25) is 0 Å². The SMILES string of the molecule is CN(CC(C)(C)O)C(=O)NCc1ccc(F)cc1C(F)(F)F. The number of urea groups is 1. The molecule has 0 bridgehead atoms. The Hall–Kier alpha value is -1.83. The molecule has 0 heterocycles. The number of hydrogen-bond acceptors (Lipinski definition) is 2. The lowest BCUT2D eigenvalue weighted by molar-refractivity contribution is -0.138. The van der Waals surface area contributed by atoms with Crippen molar-refractivity contribution in [1.82, 2.24) is 10.2 Å². The fourth-order valence-corrected chi connectivity index (χ4v) is 1.92. The predicted octanol–water partition coefficient (Wildman–Crippen LogP) is 2.76. The van der Waals surface area contributed by atoms with Gasteiger partial charge in [0, 0.05) is 13.6 Å². The van der Waals surface area contributed by atoms with Crippen molar-refractivity contribution in [2.75, 3.05) is 13.6 Å². The van der Waals surface area contributed by atoms with Crippen molar-refractivity contribution in [1.29, 1.82) is 0 Å². The minimum atomic E-state index is -4.71. The zero-order valence-corrected chi connectivity index (χ0v) is 12.5. The third kappa shape index (κ3) is 5.51. The molecule has 8 heteroatoms. The van der Waals surface area contributed by atoms with Crippen LogP contribution in [0.25, 0.3) is 0 Å². The van der Waals surface area contributed by atoms with Crippen LogP contribution in [0.3, 0.4) is 0 Å². The van der Waals surface area contributed by atoms with Crippen molar-refractivity contribution < 1.29 is 27.5 Å². The molecule has 1 aromatic carbocycles. The van der Waals surface area contributed by atoms with E-state index in [1.807, 2.05) is 0 Å². The number of nitrogens with one attached hydrogen (secondary N) is 1. The van der Waals surface area contributed by atoms with Gasteiger partial charge in [0.05, 0.1) is 17.7 Å². The number of alkyl halides is 3. The zero-order chi connectivity index (χ0) is 17.1. The predicted molar refractivity (Wildman–Crippen MR) is 72.6 cm³/mol. The summed E-state index contributed by atoms with van der Waals surface area (Å²) >= 11 is 0. The zero-order valence-electron chi connectivity index (χ0n) is 12.5. The van der Waals surface area contributed by atoms with Gasteiger partial charge in [-0.05, 0) is 31.5 Å². The fraction of sp³-hybridized carbons (Fsp3) is 0.500. The van der Waals surface area contributed by atoms with E-state index in [0.717, 1.165) is 17.0 Å². The number of hydrogen-bond donors (Lipinski definition) is 2. The highest BCUT2D eigenvalue weighted by atomic mass is 19.4. The first-order chi connectivity index (χ1) is 9.90. The average Bonchev–Trinajstić information content (AvgIpc) is 2.33. The lowest BCUT2D eigenvalue weighted by atomic mass is 10.1. The van der Waals surface area contributed by atoms with E-state index >= 15 is 0 Å². The first kappa shape index (κ1) is 18.2. The molecule has 1 rings (SSSR count). The summed E-state index contributed by atoms with van der Waals surface area (Å²) in [5.74, 6) is -0.999. The molecule has 0 radical (unpaired) electrons. The molecule has 0 atom stereocenters. The molecule has 2 amide bonds. The Kier molecular flexibility index (Phi) is 5.39. The normalized spacial score (nSPS) is 12.2. The number of likely N-dealkylation sites (N-methyl/N-ethyl adjacent to an activating group) is 1. The topological polar surface area (TPSA) is 52.6 Å². The number of amides is 2. The Morgan fingerprint density at radius 3 is 2.41 bits per heavy atom. The highest BCUT2D eigenvalue weighted by molar-refractivity contribution is 5.74. The maximum Gasteiger partial charge on any atom is 0.416 e. The second kappa shape index (κ2) is 6.51. The van der Waals surface area contributed by atoms with Crippen LogP contribution >= 0.6 is 0 Å². The highest BCUT2D eigenvalue weighted by Crippen LogP contribution is 2.32. The van der Waals surface area contributed by atoms with Crippen LogP contribution in [0.1, 0.15) is 25.0 Å². The number of rotatable bonds is 4. The molecule has 22 heavy (non-hydrogen) atoms. The summed E-state index contributed by atoms with van der Waals surface area (Å²) in [6.45, 7) is 2.61. The number of aliphatic hydroxyl groups is 1. The Morgan fingerprint density at radius 2 is 1.91 bits per heavy atom. The molecule has 2 N–H and O–H groups in total. The van der Waals surface area contributed by atoms with Crippen molar-refractivity contribution in [3.8, 4) is 0 Å². The second-order valence-electron chi connectivity index (χ2n) is 5.63. The number of carbonyl (C=O) groups excluding carboxylic acids is 1. The van der Waals surface area contributed by atoms with Crippen LogP contribution in [0.5, 0.6) is 0 Å². The molecule has 4 nitrogen and oxygen atoms in total. The molecule has 1 aromatic rings. The molecule has 0 aliphatic heterocycles.